The summed E-state index contributed by atoms with van der Waals surface area (Å²) in [5.74, 6) is -1.22. The summed E-state index contributed by atoms with van der Waals surface area (Å²) in [6.07, 6.45) is 2.71. The minimum Gasteiger partial charge on any atom is -0.334 e. The van der Waals surface area contributed by atoms with Gasteiger partial charge in [-0.05, 0) is 43.0 Å². The first-order valence-electron chi connectivity index (χ1n) is 6.33. The molecular weight excluding hydrogens is 260 g/mol. The first kappa shape index (κ1) is 12.5. The van der Waals surface area contributed by atoms with Crippen LogP contribution in [0.25, 0.3) is 0 Å². The number of hydrogen-bond donors (Lipinski definition) is 1. The molecule has 0 unspecified atom stereocenters. The number of rotatable bonds is 2. The van der Waals surface area contributed by atoms with E-state index in [0.29, 0.717) is 5.56 Å². The highest BCUT2D eigenvalue weighted by molar-refractivity contribution is 5.64. The highest BCUT2D eigenvalue weighted by Crippen LogP contribution is 2.28. The minimum atomic E-state index is -0.712. The third-order valence-corrected chi connectivity index (χ3v) is 3.38. The van der Waals surface area contributed by atoms with Crippen molar-refractivity contribution in [1.82, 2.24) is 4.98 Å². The molecule has 0 atom stereocenters. The quantitative estimate of drug-likeness (QED) is 0.909. The predicted molar refractivity (Wildman–Crippen MR) is 70.6 cm³/mol. The Morgan fingerprint density at radius 3 is 2.65 bits per heavy atom. The summed E-state index contributed by atoms with van der Waals surface area (Å²) < 4.78 is 27.3. The average Bonchev–Trinajstić information content (AvgIpc) is 2.89. The number of nitriles is 1. The lowest BCUT2D eigenvalue weighted by Gasteiger charge is -2.11. The summed E-state index contributed by atoms with van der Waals surface area (Å²) in [4.78, 5) is 4.33. The number of para-hydroxylation sites is 1. The van der Waals surface area contributed by atoms with Gasteiger partial charge in [0.1, 0.15) is 29.2 Å². The maximum atomic E-state index is 13.6. The van der Waals surface area contributed by atoms with Crippen molar-refractivity contribution in [2.24, 2.45) is 0 Å². The molecule has 0 saturated carbocycles. The summed E-state index contributed by atoms with van der Waals surface area (Å²) >= 11 is 0. The van der Waals surface area contributed by atoms with E-state index in [0.717, 1.165) is 42.7 Å². The van der Waals surface area contributed by atoms with E-state index in [2.05, 4.69) is 10.3 Å². The van der Waals surface area contributed by atoms with Crippen LogP contribution < -0.4 is 5.32 Å². The number of pyridine rings is 1. The second-order valence-corrected chi connectivity index (χ2v) is 4.68. The van der Waals surface area contributed by atoms with E-state index in [1.165, 1.54) is 6.07 Å². The van der Waals surface area contributed by atoms with Crippen LogP contribution in [0.15, 0.2) is 24.3 Å². The molecule has 0 saturated heterocycles. The zero-order valence-electron chi connectivity index (χ0n) is 10.6. The number of fused-ring (bicyclic) bond motifs is 1. The Morgan fingerprint density at radius 2 is 1.95 bits per heavy atom. The number of halogens is 2. The Kier molecular flexibility index (Phi) is 3.07. The molecule has 0 aliphatic heterocycles. The Morgan fingerprint density at radius 1 is 1.20 bits per heavy atom. The number of nitrogens with one attached hydrogen (secondary N) is 1. The van der Waals surface area contributed by atoms with Crippen LogP contribution in [0.2, 0.25) is 0 Å². The molecule has 1 aromatic heterocycles. The normalized spacial score (nSPS) is 12.8. The molecule has 0 amide bonds. The standard InChI is InChI=1S/C15H11F2N3/c16-11-4-2-5-12(17)14(11)20-15-10(8-18)7-9-3-1-6-13(9)19-15/h2,4-5,7H,1,3,6H2,(H,19,20). The number of anilines is 2. The minimum absolute atomic E-state index is 0.206. The lowest BCUT2D eigenvalue weighted by Crippen LogP contribution is -2.04. The summed E-state index contributed by atoms with van der Waals surface area (Å²) in [5, 5.41) is 11.8. The van der Waals surface area contributed by atoms with E-state index < -0.39 is 11.6 Å². The van der Waals surface area contributed by atoms with Gasteiger partial charge in [-0.25, -0.2) is 13.8 Å². The van der Waals surface area contributed by atoms with Gasteiger partial charge in [0.25, 0.3) is 0 Å². The van der Waals surface area contributed by atoms with Crippen LogP contribution in [0.3, 0.4) is 0 Å². The molecule has 2 aromatic rings. The Bertz CT molecular complexity index is 700. The van der Waals surface area contributed by atoms with Crippen molar-refractivity contribution in [3.63, 3.8) is 0 Å². The second-order valence-electron chi connectivity index (χ2n) is 4.68. The largest absolute Gasteiger partial charge is 0.334 e. The second kappa shape index (κ2) is 4.89. The molecule has 1 aromatic carbocycles. The Balaban J connectivity index is 2.05. The smallest absolute Gasteiger partial charge is 0.149 e. The van der Waals surface area contributed by atoms with E-state index in [1.54, 1.807) is 6.07 Å². The van der Waals surface area contributed by atoms with Gasteiger partial charge in [-0.3, -0.25) is 0 Å². The van der Waals surface area contributed by atoms with Crippen LogP contribution in [-0.4, -0.2) is 4.98 Å². The number of aromatic nitrogens is 1. The maximum absolute atomic E-state index is 13.6. The molecule has 20 heavy (non-hydrogen) atoms. The highest BCUT2D eigenvalue weighted by atomic mass is 19.1. The first-order valence-corrected chi connectivity index (χ1v) is 6.33. The lowest BCUT2D eigenvalue weighted by atomic mass is 10.1. The molecule has 1 heterocycles. The molecule has 0 spiro atoms. The zero-order valence-corrected chi connectivity index (χ0v) is 10.6. The third kappa shape index (κ3) is 2.10. The van der Waals surface area contributed by atoms with Crippen molar-refractivity contribution in [3.05, 3.63) is 52.7 Å². The molecule has 0 bridgehead atoms. The number of aryl methyl sites for hydroxylation is 2. The van der Waals surface area contributed by atoms with E-state index in [9.17, 15) is 8.78 Å². The SMILES string of the molecule is N#Cc1cc2c(nc1Nc1c(F)cccc1F)CCC2. The fraction of sp³-hybridized carbons (Fsp3) is 0.200. The number of hydrogen-bond acceptors (Lipinski definition) is 3. The molecule has 100 valence electrons. The molecule has 1 aliphatic rings. The molecule has 3 rings (SSSR count). The van der Waals surface area contributed by atoms with Crippen molar-refractivity contribution in [1.29, 1.82) is 5.26 Å². The van der Waals surface area contributed by atoms with Gasteiger partial charge in [0.2, 0.25) is 0 Å². The number of nitrogens with zero attached hydrogens (tertiary/aromatic N) is 2. The maximum Gasteiger partial charge on any atom is 0.149 e. The van der Waals surface area contributed by atoms with Crippen LogP contribution in [0.5, 0.6) is 0 Å². The molecule has 0 radical (unpaired) electrons. The lowest BCUT2D eigenvalue weighted by molar-refractivity contribution is 0.590. The topological polar surface area (TPSA) is 48.7 Å². The van der Waals surface area contributed by atoms with Gasteiger partial charge in [0, 0.05) is 5.69 Å². The van der Waals surface area contributed by atoms with E-state index in [-0.39, 0.29) is 11.5 Å². The van der Waals surface area contributed by atoms with Gasteiger partial charge in [0.15, 0.2) is 0 Å². The number of benzene rings is 1. The van der Waals surface area contributed by atoms with Crippen LogP contribution >= 0.6 is 0 Å². The van der Waals surface area contributed by atoms with Crippen LogP contribution in [0.4, 0.5) is 20.3 Å². The average molecular weight is 271 g/mol. The first-order chi connectivity index (χ1) is 9.69. The molecule has 3 nitrogen and oxygen atoms in total. The fourth-order valence-electron chi connectivity index (χ4n) is 2.39. The van der Waals surface area contributed by atoms with Crippen molar-refractivity contribution in [2.75, 3.05) is 5.32 Å². The third-order valence-electron chi connectivity index (χ3n) is 3.38. The summed E-state index contributed by atoms with van der Waals surface area (Å²) in [7, 11) is 0. The van der Waals surface area contributed by atoms with E-state index in [1.807, 2.05) is 6.07 Å². The van der Waals surface area contributed by atoms with E-state index in [4.69, 9.17) is 5.26 Å². The van der Waals surface area contributed by atoms with Gasteiger partial charge in [0.05, 0.1) is 5.56 Å². The highest BCUT2D eigenvalue weighted by Gasteiger charge is 2.18. The molecule has 1 aliphatic carbocycles. The summed E-state index contributed by atoms with van der Waals surface area (Å²) in [6.45, 7) is 0. The summed E-state index contributed by atoms with van der Waals surface area (Å²) in [6, 6.07) is 7.37. The van der Waals surface area contributed by atoms with Gasteiger partial charge >= 0.3 is 0 Å². The van der Waals surface area contributed by atoms with Gasteiger partial charge in [-0.15, -0.1) is 0 Å². The fourth-order valence-corrected chi connectivity index (χ4v) is 2.39. The van der Waals surface area contributed by atoms with Crippen molar-refractivity contribution < 1.29 is 8.78 Å². The van der Waals surface area contributed by atoms with Crippen molar-refractivity contribution in [2.45, 2.75) is 19.3 Å². The van der Waals surface area contributed by atoms with Gasteiger partial charge in [-0.2, -0.15) is 5.26 Å². The van der Waals surface area contributed by atoms with Crippen molar-refractivity contribution >= 4 is 11.5 Å². The van der Waals surface area contributed by atoms with Crippen molar-refractivity contribution in [3.8, 4) is 6.07 Å². The Labute approximate surface area is 114 Å². The van der Waals surface area contributed by atoms with Crippen LogP contribution in [-0.2, 0) is 12.8 Å². The van der Waals surface area contributed by atoms with Crippen LogP contribution in [0, 0.1) is 23.0 Å². The van der Waals surface area contributed by atoms with Gasteiger partial charge in [-0.1, -0.05) is 6.07 Å². The molecule has 1 N–H and O–H groups in total. The molecule has 5 heteroatoms. The predicted octanol–water partition coefficient (Wildman–Crippen LogP) is 3.46. The Hall–Kier alpha value is -2.48. The summed E-state index contributed by atoms with van der Waals surface area (Å²) in [5.41, 5.74) is 1.95. The zero-order chi connectivity index (χ0) is 14.1. The van der Waals surface area contributed by atoms with Gasteiger partial charge < -0.3 is 5.32 Å². The monoisotopic (exact) mass is 271 g/mol. The molecular formula is C15H11F2N3. The molecule has 0 fully saturated rings. The van der Waals surface area contributed by atoms with E-state index >= 15 is 0 Å². The van der Waals surface area contributed by atoms with Crippen LogP contribution in [0.1, 0.15) is 23.2 Å².